The van der Waals surface area contributed by atoms with E-state index in [1.165, 1.54) is 5.69 Å². The number of anilines is 1. The normalized spacial score (nSPS) is 22.3. The lowest BCUT2D eigenvalue weighted by atomic mass is 9.72. The lowest BCUT2D eigenvalue weighted by molar-refractivity contribution is -0.139. The van der Waals surface area contributed by atoms with Gasteiger partial charge in [-0.1, -0.05) is 35.8 Å². The van der Waals surface area contributed by atoms with E-state index in [4.69, 9.17) is 5.11 Å². The van der Waals surface area contributed by atoms with Crippen molar-refractivity contribution in [3.63, 3.8) is 0 Å². The maximum Gasteiger partial charge on any atom is 0.303 e. The topological polar surface area (TPSA) is 40.5 Å². The first-order chi connectivity index (χ1) is 8.88. The molecule has 1 aromatic rings. The highest BCUT2D eigenvalue weighted by Crippen LogP contribution is 2.39. The van der Waals surface area contributed by atoms with Crippen LogP contribution >= 0.6 is 15.9 Å². The number of piperidine rings is 1. The monoisotopic (exact) mass is 325 g/mol. The third-order valence-corrected chi connectivity index (χ3v) is 4.66. The average molecular weight is 326 g/mol. The Balaban J connectivity index is 2.15. The highest BCUT2D eigenvalue weighted by molar-refractivity contribution is 9.10. The van der Waals surface area contributed by atoms with Crippen molar-refractivity contribution in [2.75, 3.05) is 18.0 Å². The Labute approximate surface area is 122 Å². The van der Waals surface area contributed by atoms with Crippen LogP contribution in [0.5, 0.6) is 0 Å². The number of hydrogen-bond donors (Lipinski definition) is 1. The maximum absolute atomic E-state index is 11.0. The molecule has 0 saturated carbocycles. The summed E-state index contributed by atoms with van der Waals surface area (Å²) in [7, 11) is 0. The molecule has 1 unspecified atom stereocenters. The van der Waals surface area contributed by atoms with Crippen LogP contribution in [0.4, 0.5) is 5.69 Å². The standard InChI is InChI=1S/C15H20BrNO2/c1-15(2)6-7-17(10-11(15)8-14(18)19)13-5-3-4-12(16)9-13/h3-5,9,11H,6-8,10H2,1-2H3,(H,18,19). The van der Waals surface area contributed by atoms with E-state index in [0.717, 1.165) is 24.0 Å². The summed E-state index contributed by atoms with van der Waals surface area (Å²) < 4.78 is 1.06. The molecule has 3 nitrogen and oxygen atoms in total. The minimum atomic E-state index is -0.700. The third-order valence-electron chi connectivity index (χ3n) is 4.17. The molecule has 1 saturated heterocycles. The van der Waals surface area contributed by atoms with Crippen LogP contribution in [0.2, 0.25) is 0 Å². The first kappa shape index (κ1) is 14.4. The predicted molar refractivity (Wildman–Crippen MR) is 80.5 cm³/mol. The molecular weight excluding hydrogens is 306 g/mol. The number of benzene rings is 1. The van der Waals surface area contributed by atoms with Crippen molar-refractivity contribution in [2.45, 2.75) is 26.7 Å². The predicted octanol–water partition coefficient (Wildman–Crippen LogP) is 3.78. The van der Waals surface area contributed by atoms with E-state index in [1.807, 2.05) is 12.1 Å². The molecule has 1 fully saturated rings. The summed E-state index contributed by atoms with van der Waals surface area (Å²) in [6, 6.07) is 8.20. The fourth-order valence-corrected chi connectivity index (χ4v) is 3.08. The zero-order valence-electron chi connectivity index (χ0n) is 11.4. The van der Waals surface area contributed by atoms with Crippen LogP contribution in [-0.2, 0) is 4.79 Å². The summed E-state index contributed by atoms with van der Waals surface area (Å²) in [5.74, 6) is -0.508. The number of rotatable bonds is 3. The zero-order chi connectivity index (χ0) is 14.0. The van der Waals surface area contributed by atoms with E-state index in [1.54, 1.807) is 0 Å². The molecule has 0 aliphatic carbocycles. The van der Waals surface area contributed by atoms with Crippen LogP contribution < -0.4 is 4.90 Å². The molecule has 104 valence electrons. The number of nitrogens with zero attached hydrogens (tertiary/aromatic N) is 1. The smallest absolute Gasteiger partial charge is 0.303 e. The van der Waals surface area contributed by atoms with Gasteiger partial charge >= 0.3 is 5.97 Å². The van der Waals surface area contributed by atoms with E-state index in [9.17, 15) is 4.79 Å². The van der Waals surface area contributed by atoms with Gasteiger partial charge in [0.15, 0.2) is 0 Å². The number of aliphatic carboxylic acids is 1. The van der Waals surface area contributed by atoms with E-state index >= 15 is 0 Å². The van der Waals surface area contributed by atoms with Gasteiger partial charge in [0.05, 0.1) is 6.42 Å². The van der Waals surface area contributed by atoms with E-state index in [2.05, 4.69) is 46.8 Å². The molecule has 1 aliphatic heterocycles. The Morgan fingerprint density at radius 3 is 2.89 bits per heavy atom. The summed E-state index contributed by atoms with van der Waals surface area (Å²) in [6.45, 7) is 6.16. The number of hydrogen-bond acceptors (Lipinski definition) is 2. The number of carbonyl (C=O) groups is 1. The fraction of sp³-hybridized carbons (Fsp3) is 0.533. The molecule has 1 aromatic carbocycles. The molecule has 19 heavy (non-hydrogen) atoms. The lowest BCUT2D eigenvalue weighted by Gasteiger charge is -2.44. The molecule has 0 aromatic heterocycles. The Morgan fingerprint density at radius 2 is 2.26 bits per heavy atom. The highest BCUT2D eigenvalue weighted by atomic mass is 79.9. The Morgan fingerprint density at radius 1 is 1.53 bits per heavy atom. The summed E-state index contributed by atoms with van der Waals surface area (Å²) in [6.07, 6.45) is 1.27. The van der Waals surface area contributed by atoms with Gasteiger partial charge in [0.1, 0.15) is 0 Å². The second-order valence-electron chi connectivity index (χ2n) is 5.96. The summed E-state index contributed by atoms with van der Waals surface area (Å²) in [5, 5.41) is 9.07. The lowest BCUT2D eigenvalue weighted by Crippen LogP contribution is -2.45. The molecule has 1 aliphatic rings. The Kier molecular flexibility index (Phi) is 4.19. The van der Waals surface area contributed by atoms with Crippen LogP contribution in [0.25, 0.3) is 0 Å². The molecule has 0 radical (unpaired) electrons. The van der Waals surface area contributed by atoms with Crippen molar-refractivity contribution in [2.24, 2.45) is 11.3 Å². The van der Waals surface area contributed by atoms with Crippen LogP contribution in [-0.4, -0.2) is 24.2 Å². The highest BCUT2D eigenvalue weighted by Gasteiger charge is 2.36. The average Bonchev–Trinajstić information content (AvgIpc) is 2.31. The van der Waals surface area contributed by atoms with E-state index in [0.29, 0.717) is 0 Å². The second-order valence-corrected chi connectivity index (χ2v) is 6.87. The van der Waals surface area contributed by atoms with Gasteiger partial charge in [-0.25, -0.2) is 0 Å². The minimum Gasteiger partial charge on any atom is -0.481 e. The minimum absolute atomic E-state index is 0.0981. The van der Waals surface area contributed by atoms with E-state index < -0.39 is 5.97 Å². The molecule has 2 rings (SSSR count). The van der Waals surface area contributed by atoms with Crippen LogP contribution in [0.3, 0.4) is 0 Å². The maximum atomic E-state index is 11.0. The van der Waals surface area contributed by atoms with Gasteiger partial charge in [0.2, 0.25) is 0 Å². The Hall–Kier alpha value is -1.03. The van der Waals surface area contributed by atoms with Crippen molar-refractivity contribution in [3.8, 4) is 0 Å². The first-order valence-electron chi connectivity index (χ1n) is 6.61. The van der Waals surface area contributed by atoms with Gasteiger partial charge in [0, 0.05) is 23.2 Å². The quantitative estimate of drug-likeness (QED) is 0.919. The molecule has 1 N–H and O–H groups in total. The van der Waals surface area contributed by atoms with Crippen molar-refractivity contribution in [1.29, 1.82) is 0 Å². The van der Waals surface area contributed by atoms with Gasteiger partial charge < -0.3 is 10.0 Å². The molecular formula is C15H20BrNO2. The summed E-state index contributed by atoms with van der Waals surface area (Å²) >= 11 is 3.49. The van der Waals surface area contributed by atoms with Gasteiger partial charge in [-0.15, -0.1) is 0 Å². The van der Waals surface area contributed by atoms with Gasteiger partial charge in [-0.3, -0.25) is 4.79 Å². The van der Waals surface area contributed by atoms with Crippen molar-refractivity contribution < 1.29 is 9.90 Å². The molecule has 0 spiro atoms. The third kappa shape index (κ3) is 3.50. The Bertz CT molecular complexity index is 473. The van der Waals surface area contributed by atoms with Crippen LogP contribution in [0, 0.1) is 11.3 Å². The first-order valence-corrected chi connectivity index (χ1v) is 7.40. The number of carboxylic acid groups (broad SMARTS) is 1. The summed E-state index contributed by atoms with van der Waals surface area (Å²) in [4.78, 5) is 13.3. The fourth-order valence-electron chi connectivity index (χ4n) is 2.69. The van der Waals surface area contributed by atoms with Crippen molar-refractivity contribution >= 4 is 27.6 Å². The van der Waals surface area contributed by atoms with E-state index in [-0.39, 0.29) is 17.8 Å². The SMILES string of the molecule is CC1(C)CCN(c2cccc(Br)c2)CC1CC(=O)O. The van der Waals surface area contributed by atoms with Gasteiger partial charge in [-0.05, 0) is 36.0 Å². The molecule has 4 heteroatoms. The van der Waals surface area contributed by atoms with Crippen molar-refractivity contribution in [3.05, 3.63) is 28.7 Å². The molecule has 0 bridgehead atoms. The number of carboxylic acids is 1. The summed E-state index contributed by atoms with van der Waals surface area (Å²) in [5.41, 5.74) is 1.27. The molecule has 1 heterocycles. The molecule has 1 atom stereocenters. The van der Waals surface area contributed by atoms with Crippen molar-refractivity contribution in [1.82, 2.24) is 0 Å². The van der Waals surface area contributed by atoms with Gasteiger partial charge in [-0.2, -0.15) is 0 Å². The number of halogens is 1. The largest absolute Gasteiger partial charge is 0.481 e. The molecule has 0 amide bonds. The van der Waals surface area contributed by atoms with Gasteiger partial charge in [0.25, 0.3) is 0 Å². The van der Waals surface area contributed by atoms with Crippen LogP contribution in [0.15, 0.2) is 28.7 Å². The second kappa shape index (κ2) is 5.53. The van der Waals surface area contributed by atoms with Crippen LogP contribution in [0.1, 0.15) is 26.7 Å². The zero-order valence-corrected chi connectivity index (χ0v) is 13.0.